The summed E-state index contributed by atoms with van der Waals surface area (Å²) < 4.78 is 10.8. The first kappa shape index (κ1) is 23.7. The molecule has 0 heterocycles. The number of carbonyl (C=O) groups excluding carboxylic acids is 2. The van der Waals surface area contributed by atoms with E-state index in [0.29, 0.717) is 34.4 Å². The van der Waals surface area contributed by atoms with Gasteiger partial charge in [0.1, 0.15) is 0 Å². The maximum absolute atomic E-state index is 12.7. The van der Waals surface area contributed by atoms with E-state index in [1.807, 2.05) is 13.0 Å². The fraction of sp³-hybridized carbons (Fsp3) is 0.360. The van der Waals surface area contributed by atoms with Crippen LogP contribution in [-0.4, -0.2) is 31.6 Å². The third-order valence-electron chi connectivity index (χ3n) is 5.33. The molecule has 1 aliphatic rings. The molecule has 2 amide bonds. The number of nitrogens with one attached hydrogen (secondary N) is 2. The standard InChI is InChI=1S/C25H29ClN2O4/c1-3-32-22-13-9-17(15-23(22)31-2)10-14-24(29)27-19-11-12-21(26)20(16-19)25(30)28-18-7-5-4-6-8-18/h9-16,18H,3-8H2,1-2H3,(H,27,29)(H,28,30)/b14-10+. The minimum atomic E-state index is -0.321. The molecule has 0 spiro atoms. The fourth-order valence-corrected chi connectivity index (χ4v) is 3.91. The van der Waals surface area contributed by atoms with Crippen molar-refractivity contribution in [2.75, 3.05) is 19.0 Å². The number of hydrogen-bond donors (Lipinski definition) is 2. The summed E-state index contributed by atoms with van der Waals surface area (Å²) in [5, 5.41) is 6.19. The minimum Gasteiger partial charge on any atom is -0.493 e. The van der Waals surface area contributed by atoms with Crippen molar-refractivity contribution >= 4 is 35.2 Å². The Morgan fingerprint density at radius 2 is 1.88 bits per heavy atom. The van der Waals surface area contributed by atoms with Crippen LogP contribution in [0.4, 0.5) is 5.69 Å². The normalized spacial score (nSPS) is 14.2. The molecule has 1 fully saturated rings. The molecule has 0 bridgehead atoms. The Morgan fingerprint density at radius 3 is 2.59 bits per heavy atom. The van der Waals surface area contributed by atoms with Gasteiger partial charge in [-0.05, 0) is 61.7 Å². The van der Waals surface area contributed by atoms with E-state index >= 15 is 0 Å². The Kier molecular flexibility index (Phi) is 8.56. The molecule has 7 heteroatoms. The molecule has 170 valence electrons. The van der Waals surface area contributed by atoms with Gasteiger partial charge in [0.05, 0.1) is 24.3 Å². The van der Waals surface area contributed by atoms with Crippen LogP contribution in [-0.2, 0) is 4.79 Å². The van der Waals surface area contributed by atoms with Crippen LogP contribution < -0.4 is 20.1 Å². The molecular formula is C25H29ClN2O4. The second kappa shape index (κ2) is 11.6. The molecule has 6 nitrogen and oxygen atoms in total. The summed E-state index contributed by atoms with van der Waals surface area (Å²) in [7, 11) is 1.57. The molecule has 2 N–H and O–H groups in total. The van der Waals surface area contributed by atoms with E-state index < -0.39 is 0 Å². The van der Waals surface area contributed by atoms with E-state index in [1.165, 1.54) is 12.5 Å². The quantitative estimate of drug-likeness (QED) is 0.517. The lowest BCUT2D eigenvalue weighted by atomic mass is 9.95. The molecule has 1 aliphatic carbocycles. The Hall–Kier alpha value is -2.99. The molecule has 0 aliphatic heterocycles. The van der Waals surface area contributed by atoms with Crippen LogP contribution in [0.5, 0.6) is 11.5 Å². The van der Waals surface area contributed by atoms with Gasteiger partial charge in [0, 0.05) is 17.8 Å². The van der Waals surface area contributed by atoms with Crippen LogP contribution in [0.15, 0.2) is 42.5 Å². The zero-order valence-electron chi connectivity index (χ0n) is 18.4. The van der Waals surface area contributed by atoms with Crippen molar-refractivity contribution in [3.8, 4) is 11.5 Å². The Balaban J connectivity index is 1.64. The number of anilines is 1. The van der Waals surface area contributed by atoms with E-state index in [2.05, 4.69) is 10.6 Å². The van der Waals surface area contributed by atoms with E-state index in [1.54, 1.807) is 43.5 Å². The number of ether oxygens (including phenoxy) is 2. The fourth-order valence-electron chi connectivity index (χ4n) is 3.71. The summed E-state index contributed by atoms with van der Waals surface area (Å²) >= 11 is 6.24. The summed E-state index contributed by atoms with van der Waals surface area (Å²) in [6, 6.07) is 10.5. The first-order valence-corrected chi connectivity index (χ1v) is 11.3. The van der Waals surface area contributed by atoms with Crippen molar-refractivity contribution in [3.63, 3.8) is 0 Å². The van der Waals surface area contributed by atoms with Gasteiger partial charge in [-0.2, -0.15) is 0 Å². The van der Waals surface area contributed by atoms with Gasteiger partial charge in [-0.1, -0.05) is 36.9 Å². The van der Waals surface area contributed by atoms with Gasteiger partial charge in [0.25, 0.3) is 5.91 Å². The van der Waals surface area contributed by atoms with E-state index in [0.717, 1.165) is 31.2 Å². The number of carbonyl (C=O) groups is 2. The van der Waals surface area contributed by atoms with Gasteiger partial charge in [0.2, 0.25) is 5.91 Å². The number of rotatable bonds is 8. The molecule has 0 atom stereocenters. The van der Waals surface area contributed by atoms with Crippen molar-refractivity contribution in [2.45, 2.75) is 45.1 Å². The van der Waals surface area contributed by atoms with Gasteiger partial charge in [-0.25, -0.2) is 0 Å². The molecule has 0 unspecified atom stereocenters. The highest BCUT2D eigenvalue weighted by molar-refractivity contribution is 6.34. The summed E-state index contributed by atoms with van der Waals surface area (Å²) in [6.07, 6.45) is 8.54. The lowest BCUT2D eigenvalue weighted by Gasteiger charge is -2.23. The smallest absolute Gasteiger partial charge is 0.253 e. The van der Waals surface area contributed by atoms with Crippen LogP contribution in [0.25, 0.3) is 6.08 Å². The van der Waals surface area contributed by atoms with E-state index in [9.17, 15) is 9.59 Å². The van der Waals surface area contributed by atoms with Gasteiger partial charge >= 0.3 is 0 Å². The maximum atomic E-state index is 12.7. The second-order valence-electron chi connectivity index (χ2n) is 7.67. The zero-order valence-corrected chi connectivity index (χ0v) is 19.2. The predicted molar refractivity (Wildman–Crippen MR) is 128 cm³/mol. The van der Waals surface area contributed by atoms with Gasteiger partial charge in [0.15, 0.2) is 11.5 Å². The van der Waals surface area contributed by atoms with Crippen LogP contribution in [0.2, 0.25) is 5.02 Å². The molecule has 0 saturated heterocycles. The van der Waals surface area contributed by atoms with Crippen molar-refractivity contribution < 1.29 is 19.1 Å². The highest BCUT2D eigenvalue weighted by Gasteiger charge is 2.18. The number of amides is 2. The van der Waals surface area contributed by atoms with E-state index in [4.69, 9.17) is 21.1 Å². The topological polar surface area (TPSA) is 76.7 Å². The summed E-state index contributed by atoms with van der Waals surface area (Å²) in [6.45, 7) is 2.44. The minimum absolute atomic E-state index is 0.180. The number of halogens is 1. The van der Waals surface area contributed by atoms with E-state index in [-0.39, 0.29) is 17.9 Å². The molecule has 3 rings (SSSR count). The third kappa shape index (κ3) is 6.50. The lowest BCUT2D eigenvalue weighted by Crippen LogP contribution is -2.36. The lowest BCUT2D eigenvalue weighted by molar-refractivity contribution is -0.111. The first-order valence-electron chi connectivity index (χ1n) is 10.9. The van der Waals surface area contributed by atoms with Crippen molar-refractivity contribution in [2.24, 2.45) is 0 Å². The maximum Gasteiger partial charge on any atom is 0.253 e. The van der Waals surface area contributed by atoms with Crippen LogP contribution in [0, 0.1) is 0 Å². The number of benzene rings is 2. The SMILES string of the molecule is CCOc1ccc(/C=C/C(=O)Nc2ccc(Cl)c(C(=O)NC3CCCCC3)c2)cc1OC. The number of methoxy groups -OCH3 is 1. The third-order valence-corrected chi connectivity index (χ3v) is 5.66. The molecule has 2 aromatic rings. The second-order valence-corrected chi connectivity index (χ2v) is 8.08. The largest absolute Gasteiger partial charge is 0.493 e. The molecule has 2 aromatic carbocycles. The molecule has 0 radical (unpaired) electrons. The monoisotopic (exact) mass is 456 g/mol. The molecule has 0 aromatic heterocycles. The van der Waals surface area contributed by atoms with Crippen LogP contribution in [0.1, 0.15) is 54.9 Å². The average molecular weight is 457 g/mol. The van der Waals surface area contributed by atoms with Crippen molar-refractivity contribution in [1.82, 2.24) is 5.32 Å². The summed E-state index contributed by atoms with van der Waals surface area (Å²) in [4.78, 5) is 25.1. The van der Waals surface area contributed by atoms with Crippen LogP contribution in [0.3, 0.4) is 0 Å². The Labute approximate surface area is 193 Å². The molecule has 32 heavy (non-hydrogen) atoms. The number of hydrogen-bond acceptors (Lipinski definition) is 4. The molecular weight excluding hydrogens is 428 g/mol. The summed E-state index contributed by atoms with van der Waals surface area (Å²) in [5.74, 6) is 0.714. The summed E-state index contributed by atoms with van der Waals surface area (Å²) in [5.41, 5.74) is 1.65. The van der Waals surface area contributed by atoms with Gasteiger partial charge in [-0.15, -0.1) is 0 Å². The predicted octanol–water partition coefficient (Wildman–Crippen LogP) is 5.46. The van der Waals surface area contributed by atoms with Crippen molar-refractivity contribution in [3.05, 3.63) is 58.6 Å². The Bertz CT molecular complexity index is 984. The Morgan fingerprint density at radius 1 is 1.09 bits per heavy atom. The molecule has 1 saturated carbocycles. The van der Waals surface area contributed by atoms with Crippen LogP contribution >= 0.6 is 11.6 Å². The highest BCUT2D eigenvalue weighted by Crippen LogP contribution is 2.28. The van der Waals surface area contributed by atoms with Gasteiger partial charge in [-0.3, -0.25) is 9.59 Å². The van der Waals surface area contributed by atoms with Crippen molar-refractivity contribution in [1.29, 1.82) is 0 Å². The van der Waals surface area contributed by atoms with Gasteiger partial charge < -0.3 is 20.1 Å². The first-order chi connectivity index (χ1) is 15.5. The zero-order chi connectivity index (χ0) is 22.9. The highest BCUT2D eigenvalue weighted by atomic mass is 35.5. The average Bonchev–Trinajstić information content (AvgIpc) is 2.80.